The maximum absolute atomic E-state index is 5.79. The first kappa shape index (κ1) is 14.4. The van der Waals surface area contributed by atoms with Crippen molar-refractivity contribution in [3.63, 3.8) is 0 Å². The van der Waals surface area contributed by atoms with Crippen LogP contribution in [-0.2, 0) is 6.54 Å². The molecule has 3 rings (SSSR count). The highest BCUT2D eigenvalue weighted by Crippen LogP contribution is 2.45. The molecule has 0 radical (unpaired) electrons. The normalized spacial score (nSPS) is 22.2. The second kappa shape index (κ2) is 6.07. The van der Waals surface area contributed by atoms with Crippen molar-refractivity contribution in [2.75, 3.05) is 18.0 Å². The second-order valence-electron chi connectivity index (χ2n) is 6.57. The van der Waals surface area contributed by atoms with Gasteiger partial charge in [-0.2, -0.15) is 0 Å². The zero-order chi connectivity index (χ0) is 14.0. The topological polar surface area (TPSA) is 29.3 Å². The predicted octanol–water partition coefficient (Wildman–Crippen LogP) is 4.46. The summed E-state index contributed by atoms with van der Waals surface area (Å²) in [4.78, 5) is 2.55. The van der Waals surface area contributed by atoms with Crippen LogP contribution in [0, 0.1) is 5.41 Å². The van der Waals surface area contributed by atoms with Crippen LogP contribution in [0.5, 0.6) is 0 Å². The van der Waals surface area contributed by atoms with Gasteiger partial charge < -0.3 is 10.6 Å². The molecule has 0 unspecified atom stereocenters. The molecular formula is C17H25BrN2. The van der Waals surface area contributed by atoms with Crippen LogP contribution in [0.1, 0.15) is 50.5 Å². The minimum Gasteiger partial charge on any atom is -0.371 e. The Morgan fingerprint density at radius 3 is 2.35 bits per heavy atom. The van der Waals surface area contributed by atoms with E-state index < -0.39 is 0 Å². The highest BCUT2D eigenvalue weighted by atomic mass is 79.9. The van der Waals surface area contributed by atoms with Gasteiger partial charge in [0.25, 0.3) is 0 Å². The van der Waals surface area contributed by atoms with Crippen molar-refractivity contribution >= 4 is 21.6 Å². The Labute approximate surface area is 130 Å². The Morgan fingerprint density at radius 1 is 1.00 bits per heavy atom. The van der Waals surface area contributed by atoms with Crippen LogP contribution in [0.15, 0.2) is 22.7 Å². The lowest BCUT2D eigenvalue weighted by Crippen LogP contribution is -2.41. The summed E-state index contributed by atoms with van der Waals surface area (Å²) in [5.74, 6) is 0. The van der Waals surface area contributed by atoms with Crippen LogP contribution < -0.4 is 10.6 Å². The molecule has 2 fully saturated rings. The van der Waals surface area contributed by atoms with Gasteiger partial charge in [-0.25, -0.2) is 0 Å². The highest BCUT2D eigenvalue weighted by molar-refractivity contribution is 9.10. The van der Waals surface area contributed by atoms with E-state index in [1.807, 2.05) is 0 Å². The number of hydrogen-bond acceptors (Lipinski definition) is 2. The zero-order valence-corrected chi connectivity index (χ0v) is 13.8. The van der Waals surface area contributed by atoms with Crippen molar-refractivity contribution in [2.45, 2.75) is 51.5 Å². The van der Waals surface area contributed by atoms with E-state index in [1.165, 1.54) is 69.3 Å². The number of piperidine rings is 1. The van der Waals surface area contributed by atoms with E-state index >= 15 is 0 Å². The fourth-order valence-corrected chi connectivity index (χ4v) is 4.50. The number of nitrogens with zero attached hydrogens (tertiary/aromatic N) is 1. The molecule has 0 atom stereocenters. The lowest BCUT2D eigenvalue weighted by Gasteiger charge is -2.45. The molecule has 1 aliphatic carbocycles. The Bertz CT molecular complexity index is 456. The first-order chi connectivity index (χ1) is 9.71. The molecule has 1 aromatic carbocycles. The van der Waals surface area contributed by atoms with Crippen molar-refractivity contribution in [3.8, 4) is 0 Å². The van der Waals surface area contributed by atoms with Gasteiger partial charge in [-0.1, -0.05) is 35.2 Å². The number of anilines is 1. The summed E-state index contributed by atoms with van der Waals surface area (Å²) < 4.78 is 1.15. The predicted molar refractivity (Wildman–Crippen MR) is 89.0 cm³/mol. The molecule has 2 nitrogen and oxygen atoms in total. The third-order valence-electron chi connectivity index (χ3n) is 5.28. The monoisotopic (exact) mass is 336 g/mol. The van der Waals surface area contributed by atoms with Crippen LogP contribution >= 0.6 is 15.9 Å². The summed E-state index contributed by atoms with van der Waals surface area (Å²) in [6.45, 7) is 3.03. The van der Waals surface area contributed by atoms with Crippen molar-refractivity contribution < 1.29 is 0 Å². The Balaban J connectivity index is 1.70. The van der Waals surface area contributed by atoms with Crippen LogP contribution in [-0.4, -0.2) is 13.1 Å². The Morgan fingerprint density at radius 2 is 1.70 bits per heavy atom. The quantitative estimate of drug-likeness (QED) is 0.863. The third-order valence-corrected chi connectivity index (χ3v) is 5.74. The van der Waals surface area contributed by atoms with Gasteiger partial charge in [-0.15, -0.1) is 0 Å². The molecule has 0 amide bonds. The van der Waals surface area contributed by atoms with Crippen molar-refractivity contribution in [2.24, 2.45) is 11.1 Å². The summed E-state index contributed by atoms with van der Waals surface area (Å²) in [6.07, 6.45) is 10.0. The fraction of sp³-hybridized carbons (Fsp3) is 0.647. The molecule has 110 valence electrons. The van der Waals surface area contributed by atoms with Crippen LogP contribution in [0.3, 0.4) is 0 Å². The molecule has 1 aliphatic heterocycles. The molecule has 1 saturated heterocycles. The molecule has 1 saturated carbocycles. The summed E-state index contributed by atoms with van der Waals surface area (Å²) in [5, 5.41) is 0. The standard InChI is InChI=1S/C17H25BrN2/c18-15-10-14(13-19)11-16(12-15)20-8-6-17(7-9-20)4-2-1-3-5-17/h10-12H,1-9,13,19H2. The summed E-state index contributed by atoms with van der Waals surface area (Å²) in [6, 6.07) is 6.61. The van der Waals surface area contributed by atoms with E-state index in [0.717, 1.165) is 4.47 Å². The second-order valence-corrected chi connectivity index (χ2v) is 7.49. The molecule has 0 bridgehead atoms. The average Bonchev–Trinajstić information content (AvgIpc) is 2.48. The summed E-state index contributed by atoms with van der Waals surface area (Å²) >= 11 is 3.61. The minimum absolute atomic E-state index is 0.615. The van der Waals surface area contributed by atoms with E-state index in [9.17, 15) is 0 Å². The Hall–Kier alpha value is -0.540. The van der Waals surface area contributed by atoms with Gasteiger partial charge in [0.15, 0.2) is 0 Å². The summed E-state index contributed by atoms with van der Waals surface area (Å²) in [7, 11) is 0. The van der Waals surface area contributed by atoms with Gasteiger partial charge in [-0.05, 0) is 54.9 Å². The zero-order valence-electron chi connectivity index (χ0n) is 12.2. The lowest BCUT2D eigenvalue weighted by molar-refractivity contribution is 0.144. The number of nitrogens with two attached hydrogens (primary N) is 1. The summed E-state index contributed by atoms with van der Waals surface area (Å²) in [5.41, 5.74) is 9.02. The smallest absolute Gasteiger partial charge is 0.0380 e. The maximum Gasteiger partial charge on any atom is 0.0380 e. The van der Waals surface area contributed by atoms with E-state index in [2.05, 4.69) is 39.0 Å². The SMILES string of the molecule is NCc1cc(Br)cc(N2CCC3(CCCCC3)CC2)c1. The number of hydrogen-bond donors (Lipinski definition) is 1. The molecule has 3 heteroatoms. The van der Waals surface area contributed by atoms with Gasteiger partial charge in [0.2, 0.25) is 0 Å². The van der Waals surface area contributed by atoms with Crippen LogP contribution in [0.4, 0.5) is 5.69 Å². The van der Waals surface area contributed by atoms with Gasteiger partial charge in [0.05, 0.1) is 0 Å². The average molecular weight is 337 g/mol. The molecule has 1 heterocycles. The maximum atomic E-state index is 5.79. The third kappa shape index (κ3) is 3.04. The molecule has 2 N–H and O–H groups in total. The van der Waals surface area contributed by atoms with E-state index in [4.69, 9.17) is 5.73 Å². The number of benzene rings is 1. The van der Waals surface area contributed by atoms with E-state index in [-0.39, 0.29) is 0 Å². The largest absolute Gasteiger partial charge is 0.371 e. The van der Waals surface area contributed by atoms with Crippen LogP contribution in [0.2, 0.25) is 0 Å². The van der Waals surface area contributed by atoms with Crippen molar-refractivity contribution in [1.29, 1.82) is 0 Å². The minimum atomic E-state index is 0.615. The molecule has 2 aliphatic rings. The van der Waals surface area contributed by atoms with Gasteiger partial charge in [0, 0.05) is 29.8 Å². The molecular weight excluding hydrogens is 312 g/mol. The van der Waals surface area contributed by atoms with Gasteiger partial charge in [-0.3, -0.25) is 0 Å². The van der Waals surface area contributed by atoms with Crippen molar-refractivity contribution in [3.05, 3.63) is 28.2 Å². The van der Waals surface area contributed by atoms with Gasteiger partial charge in [0.1, 0.15) is 0 Å². The highest BCUT2D eigenvalue weighted by Gasteiger charge is 2.35. The molecule has 20 heavy (non-hydrogen) atoms. The van der Waals surface area contributed by atoms with Crippen molar-refractivity contribution in [1.82, 2.24) is 0 Å². The number of rotatable bonds is 2. The first-order valence-electron chi connectivity index (χ1n) is 7.95. The van der Waals surface area contributed by atoms with Crippen LogP contribution in [0.25, 0.3) is 0 Å². The number of halogens is 1. The van der Waals surface area contributed by atoms with E-state index in [0.29, 0.717) is 12.0 Å². The lowest BCUT2D eigenvalue weighted by atomic mass is 9.68. The molecule has 1 aromatic rings. The molecule has 0 aromatic heterocycles. The first-order valence-corrected chi connectivity index (χ1v) is 8.75. The van der Waals surface area contributed by atoms with E-state index in [1.54, 1.807) is 0 Å². The van der Waals surface area contributed by atoms with Gasteiger partial charge >= 0.3 is 0 Å². The Kier molecular flexibility index (Phi) is 4.37. The fourth-order valence-electron chi connectivity index (χ4n) is 3.97. The molecule has 1 spiro atoms.